The zero-order valence-electron chi connectivity index (χ0n) is 15.1. The molecule has 0 aliphatic rings. The van der Waals surface area contributed by atoms with E-state index in [0.29, 0.717) is 17.6 Å². The summed E-state index contributed by atoms with van der Waals surface area (Å²) in [6, 6.07) is 11.7. The first kappa shape index (κ1) is 18.6. The summed E-state index contributed by atoms with van der Waals surface area (Å²) < 4.78 is 19.1. The summed E-state index contributed by atoms with van der Waals surface area (Å²) in [7, 11) is 3.26. The predicted molar refractivity (Wildman–Crippen MR) is 104 cm³/mol. The molecule has 0 radical (unpaired) electrons. The fourth-order valence-electron chi connectivity index (χ4n) is 3.04. The smallest absolute Gasteiger partial charge is 0.250 e. The van der Waals surface area contributed by atoms with E-state index in [4.69, 9.17) is 10.5 Å². The van der Waals surface area contributed by atoms with Crippen LogP contribution in [-0.2, 0) is 0 Å². The molecule has 0 saturated carbocycles. The average molecular weight is 368 g/mol. The Labute approximate surface area is 156 Å². The molecule has 0 aliphatic carbocycles. The molecule has 0 aliphatic heterocycles. The number of aromatic nitrogens is 1. The Kier molecular flexibility index (Phi) is 5.52. The normalized spacial score (nSPS) is 12.0. The molecule has 27 heavy (non-hydrogen) atoms. The number of primary amides is 1. The van der Waals surface area contributed by atoms with Crippen molar-refractivity contribution >= 4 is 22.5 Å². The monoisotopic (exact) mass is 368 g/mol. The number of amides is 1. The highest BCUT2D eigenvalue weighted by Crippen LogP contribution is 2.29. The number of nitrogens with zero attached hydrogens (tertiary/aromatic N) is 1. The summed E-state index contributed by atoms with van der Waals surface area (Å²) in [5.41, 5.74) is 7.88. The standard InChI is InChI=1S/C20H21FN4O2/c1-23-11-17(12-6-7-18(27-2)15(21)10-12)25-16-8-9-24-19-13(16)4-3-5-14(19)20(22)26/h3-10,17,23H,11H2,1-2H3,(H2,22,26)(H,24,25)/t17-/m1/s1. The first-order valence-corrected chi connectivity index (χ1v) is 8.47. The third kappa shape index (κ3) is 3.83. The summed E-state index contributed by atoms with van der Waals surface area (Å²) in [6.45, 7) is 0.561. The van der Waals surface area contributed by atoms with Gasteiger partial charge in [0.25, 0.3) is 5.91 Å². The number of carbonyl (C=O) groups excluding carboxylic acids is 1. The van der Waals surface area contributed by atoms with E-state index in [1.165, 1.54) is 13.2 Å². The Balaban J connectivity index is 2.01. The number of anilines is 1. The van der Waals surface area contributed by atoms with Crippen LogP contribution in [0.25, 0.3) is 10.9 Å². The highest BCUT2D eigenvalue weighted by molar-refractivity contribution is 6.07. The second-order valence-electron chi connectivity index (χ2n) is 6.07. The van der Waals surface area contributed by atoms with Crippen molar-refractivity contribution in [2.24, 2.45) is 5.73 Å². The second kappa shape index (κ2) is 8.01. The number of methoxy groups -OCH3 is 1. The number of nitrogens with one attached hydrogen (secondary N) is 2. The predicted octanol–water partition coefficient (Wildman–Crippen LogP) is 2.85. The van der Waals surface area contributed by atoms with Gasteiger partial charge in [-0.2, -0.15) is 0 Å². The molecule has 140 valence electrons. The molecule has 0 bridgehead atoms. The van der Waals surface area contributed by atoms with Crippen LogP contribution in [-0.4, -0.2) is 31.6 Å². The lowest BCUT2D eigenvalue weighted by atomic mass is 10.0. The minimum absolute atomic E-state index is 0.197. The van der Waals surface area contributed by atoms with Crippen molar-refractivity contribution in [1.82, 2.24) is 10.3 Å². The second-order valence-corrected chi connectivity index (χ2v) is 6.07. The fourth-order valence-corrected chi connectivity index (χ4v) is 3.04. The lowest BCUT2D eigenvalue weighted by molar-refractivity contribution is 0.100. The van der Waals surface area contributed by atoms with Crippen LogP contribution in [0.15, 0.2) is 48.7 Å². The zero-order valence-corrected chi connectivity index (χ0v) is 15.1. The van der Waals surface area contributed by atoms with Crippen LogP contribution < -0.4 is 21.1 Å². The van der Waals surface area contributed by atoms with Crippen LogP contribution in [0.1, 0.15) is 22.0 Å². The average Bonchev–Trinajstić information content (AvgIpc) is 2.67. The number of para-hydroxylation sites is 1. The third-order valence-electron chi connectivity index (χ3n) is 4.35. The molecular formula is C20H21FN4O2. The van der Waals surface area contributed by atoms with E-state index in [1.807, 2.05) is 25.2 Å². The minimum Gasteiger partial charge on any atom is -0.494 e. The minimum atomic E-state index is -0.533. The van der Waals surface area contributed by atoms with Crippen LogP contribution in [0.3, 0.4) is 0 Å². The number of rotatable bonds is 7. The largest absolute Gasteiger partial charge is 0.494 e. The van der Waals surface area contributed by atoms with Crippen molar-refractivity contribution in [2.75, 3.05) is 26.0 Å². The Morgan fingerprint density at radius 1 is 1.30 bits per heavy atom. The molecule has 1 aromatic heterocycles. The van der Waals surface area contributed by atoms with Crippen molar-refractivity contribution in [3.8, 4) is 5.75 Å². The maximum absolute atomic E-state index is 14.2. The SMILES string of the molecule is CNC[C@@H](Nc1ccnc2c(C(N)=O)cccc12)c1ccc(OC)c(F)c1. The van der Waals surface area contributed by atoms with Gasteiger partial charge in [0, 0.05) is 23.8 Å². The van der Waals surface area contributed by atoms with Gasteiger partial charge < -0.3 is 21.1 Å². The van der Waals surface area contributed by atoms with Crippen LogP contribution in [0.5, 0.6) is 5.75 Å². The van der Waals surface area contributed by atoms with Crippen molar-refractivity contribution < 1.29 is 13.9 Å². The lowest BCUT2D eigenvalue weighted by Gasteiger charge is -2.22. The van der Waals surface area contributed by atoms with E-state index in [-0.39, 0.29) is 11.8 Å². The number of ether oxygens (including phenoxy) is 1. The van der Waals surface area contributed by atoms with E-state index in [0.717, 1.165) is 16.6 Å². The fraction of sp³-hybridized carbons (Fsp3) is 0.200. The molecule has 1 heterocycles. The van der Waals surface area contributed by atoms with E-state index in [1.54, 1.807) is 24.4 Å². The molecule has 0 saturated heterocycles. The number of likely N-dealkylation sites (N-methyl/N-ethyl adjacent to an activating group) is 1. The molecule has 6 nitrogen and oxygen atoms in total. The molecule has 3 aromatic rings. The zero-order chi connectivity index (χ0) is 19.4. The van der Waals surface area contributed by atoms with Gasteiger partial charge in [0.05, 0.1) is 24.2 Å². The number of nitrogens with two attached hydrogens (primary N) is 1. The van der Waals surface area contributed by atoms with Gasteiger partial charge in [0.1, 0.15) is 0 Å². The molecule has 0 spiro atoms. The van der Waals surface area contributed by atoms with Crippen molar-refractivity contribution in [1.29, 1.82) is 0 Å². The van der Waals surface area contributed by atoms with Gasteiger partial charge >= 0.3 is 0 Å². The third-order valence-corrected chi connectivity index (χ3v) is 4.35. The summed E-state index contributed by atoms with van der Waals surface area (Å²) in [6.07, 6.45) is 1.61. The highest BCUT2D eigenvalue weighted by Gasteiger charge is 2.16. The number of hydrogen-bond donors (Lipinski definition) is 3. The molecule has 1 amide bonds. The topological polar surface area (TPSA) is 89.3 Å². The number of benzene rings is 2. The van der Waals surface area contributed by atoms with Gasteiger partial charge in [-0.3, -0.25) is 9.78 Å². The first-order chi connectivity index (χ1) is 13.0. The number of pyridine rings is 1. The molecule has 2 aromatic carbocycles. The van der Waals surface area contributed by atoms with Crippen molar-refractivity contribution in [2.45, 2.75) is 6.04 Å². The molecule has 4 N–H and O–H groups in total. The van der Waals surface area contributed by atoms with Crippen LogP contribution >= 0.6 is 0 Å². The molecule has 0 unspecified atom stereocenters. The van der Waals surface area contributed by atoms with Crippen LogP contribution in [0, 0.1) is 5.82 Å². The number of halogens is 1. The van der Waals surface area contributed by atoms with Crippen LogP contribution in [0.4, 0.5) is 10.1 Å². The van der Waals surface area contributed by atoms with Gasteiger partial charge in [-0.15, -0.1) is 0 Å². The van der Waals surface area contributed by atoms with Crippen LogP contribution in [0.2, 0.25) is 0 Å². The Morgan fingerprint density at radius 3 is 2.78 bits per heavy atom. The molecule has 7 heteroatoms. The Morgan fingerprint density at radius 2 is 2.11 bits per heavy atom. The lowest BCUT2D eigenvalue weighted by Crippen LogP contribution is -2.24. The van der Waals surface area contributed by atoms with E-state index >= 15 is 0 Å². The van der Waals surface area contributed by atoms with Crippen molar-refractivity contribution in [3.63, 3.8) is 0 Å². The first-order valence-electron chi connectivity index (χ1n) is 8.47. The molecule has 0 fully saturated rings. The molecule has 3 rings (SSSR count). The number of carbonyl (C=O) groups is 1. The Hall–Kier alpha value is -3.19. The highest BCUT2D eigenvalue weighted by atomic mass is 19.1. The van der Waals surface area contributed by atoms with E-state index in [9.17, 15) is 9.18 Å². The summed E-state index contributed by atoms with van der Waals surface area (Å²) in [4.78, 5) is 16.0. The van der Waals surface area contributed by atoms with E-state index < -0.39 is 11.7 Å². The number of hydrogen-bond acceptors (Lipinski definition) is 5. The summed E-state index contributed by atoms with van der Waals surface area (Å²) >= 11 is 0. The maximum Gasteiger partial charge on any atom is 0.250 e. The van der Waals surface area contributed by atoms with Gasteiger partial charge in [-0.1, -0.05) is 18.2 Å². The maximum atomic E-state index is 14.2. The van der Waals surface area contributed by atoms with Gasteiger partial charge in [-0.05, 0) is 36.9 Å². The summed E-state index contributed by atoms with van der Waals surface area (Å²) in [5.74, 6) is -0.759. The van der Waals surface area contributed by atoms with Gasteiger partial charge in [0.15, 0.2) is 11.6 Å². The number of fused-ring (bicyclic) bond motifs is 1. The van der Waals surface area contributed by atoms with Gasteiger partial charge in [0.2, 0.25) is 0 Å². The molecule has 1 atom stereocenters. The molecular weight excluding hydrogens is 347 g/mol. The van der Waals surface area contributed by atoms with E-state index in [2.05, 4.69) is 15.6 Å². The Bertz CT molecular complexity index is 977. The quantitative estimate of drug-likeness (QED) is 0.597. The summed E-state index contributed by atoms with van der Waals surface area (Å²) in [5, 5.41) is 7.28. The van der Waals surface area contributed by atoms with Gasteiger partial charge in [-0.25, -0.2) is 4.39 Å². The van der Waals surface area contributed by atoms with Crippen molar-refractivity contribution in [3.05, 3.63) is 65.6 Å².